The van der Waals surface area contributed by atoms with Gasteiger partial charge in [0.15, 0.2) is 0 Å². The molecule has 164 valence electrons. The first-order valence-electron chi connectivity index (χ1n) is 11.9. The molecule has 4 unspecified atom stereocenters. The molecule has 2 N–H and O–H groups in total. The van der Waals surface area contributed by atoms with Crippen LogP contribution in [0.3, 0.4) is 0 Å². The minimum absolute atomic E-state index is 0.154. The van der Waals surface area contributed by atoms with Crippen LogP contribution in [0.2, 0.25) is 0 Å². The number of morpholine rings is 1. The molecule has 0 saturated carbocycles. The van der Waals surface area contributed by atoms with E-state index in [0.29, 0.717) is 12.0 Å². The number of anilines is 2. The molecule has 0 aliphatic carbocycles. The van der Waals surface area contributed by atoms with E-state index in [1.165, 1.54) is 42.6 Å². The second-order valence-electron chi connectivity index (χ2n) is 9.46. The Balaban J connectivity index is 1.22. The maximum atomic E-state index is 13.0. The number of hydrogen-bond acceptors (Lipinski definition) is 3. The van der Waals surface area contributed by atoms with Crippen molar-refractivity contribution in [1.29, 1.82) is 0 Å². The normalized spacial score (nSPS) is 28.2. The van der Waals surface area contributed by atoms with E-state index in [-0.39, 0.29) is 11.8 Å². The molecule has 31 heavy (non-hydrogen) atoms. The third-order valence-corrected chi connectivity index (χ3v) is 7.62. The summed E-state index contributed by atoms with van der Waals surface area (Å²) in [5.74, 6) is 0.915. The second-order valence-corrected chi connectivity index (χ2v) is 9.46. The summed E-state index contributed by atoms with van der Waals surface area (Å²) in [5, 5.41) is 3.20. The van der Waals surface area contributed by atoms with Gasteiger partial charge in [-0.1, -0.05) is 24.3 Å². The smallest absolute Gasteiger partial charge is 0.233 e. The van der Waals surface area contributed by atoms with Crippen molar-refractivity contribution in [1.82, 2.24) is 0 Å². The molecule has 4 fully saturated rings. The monoisotopic (exact) mass is 420 g/mol. The fraction of sp³-hybridized carbons (Fsp3) is 0.500. The van der Waals surface area contributed by atoms with Gasteiger partial charge in [0.1, 0.15) is 0 Å². The van der Waals surface area contributed by atoms with Gasteiger partial charge in [-0.3, -0.25) is 4.79 Å². The van der Waals surface area contributed by atoms with Crippen molar-refractivity contribution < 1.29 is 14.4 Å². The van der Waals surface area contributed by atoms with Crippen molar-refractivity contribution in [3.63, 3.8) is 0 Å². The lowest BCUT2D eigenvalue weighted by Gasteiger charge is -2.33. The molecule has 2 bridgehead atoms. The SMILES string of the molecule is CC1CCC2CC[NH+]1CC2C(=O)Nc1ccc(-c2ccc(N3CCOCC3)cc2)cc1. The Kier molecular flexibility index (Phi) is 5.97. The minimum atomic E-state index is 0.154. The number of amides is 1. The second kappa shape index (κ2) is 9.01. The highest BCUT2D eigenvalue weighted by Crippen LogP contribution is 2.29. The van der Waals surface area contributed by atoms with Gasteiger partial charge in [0.25, 0.3) is 0 Å². The van der Waals surface area contributed by atoms with Gasteiger partial charge in [0.2, 0.25) is 5.91 Å². The lowest BCUT2D eigenvalue weighted by molar-refractivity contribution is -0.928. The molecule has 5 heteroatoms. The van der Waals surface area contributed by atoms with Crippen molar-refractivity contribution in [2.45, 2.75) is 32.2 Å². The van der Waals surface area contributed by atoms with E-state index < -0.39 is 0 Å². The minimum Gasteiger partial charge on any atom is -0.378 e. The number of benzene rings is 2. The highest BCUT2D eigenvalue weighted by molar-refractivity contribution is 5.93. The number of carbonyl (C=O) groups excluding carboxylic acids is 1. The van der Waals surface area contributed by atoms with Crippen molar-refractivity contribution in [3.8, 4) is 11.1 Å². The molecular formula is C26H34N3O2+. The average Bonchev–Trinajstić information content (AvgIpc) is 3.10. The summed E-state index contributed by atoms with van der Waals surface area (Å²) >= 11 is 0. The van der Waals surface area contributed by atoms with Gasteiger partial charge in [0, 0.05) is 30.9 Å². The third kappa shape index (κ3) is 4.48. The van der Waals surface area contributed by atoms with E-state index in [2.05, 4.69) is 53.5 Å². The molecule has 4 atom stereocenters. The number of piperidine rings is 1. The van der Waals surface area contributed by atoms with Gasteiger partial charge in [-0.2, -0.15) is 0 Å². The molecule has 6 rings (SSSR count). The van der Waals surface area contributed by atoms with E-state index >= 15 is 0 Å². The molecule has 4 saturated heterocycles. The van der Waals surface area contributed by atoms with Crippen LogP contribution in [-0.2, 0) is 9.53 Å². The quantitative estimate of drug-likeness (QED) is 0.800. The number of nitrogens with zero attached hydrogens (tertiary/aromatic N) is 1. The van der Waals surface area contributed by atoms with Crippen LogP contribution in [0.25, 0.3) is 11.1 Å². The average molecular weight is 421 g/mol. The summed E-state index contributed by atoms with van der Waals surface area (Å²) in [5.41, 5.74) is 4.52. The summed E-state index contributed by atoms with van der Waals surface area (Å²) in [6.07, 6.45) is 3.64. The molecule has 5 nitrogen and oxygen atoms in total. The Morgan fingerprint density at radius 2 is 1.65 bits per heavy atom. The van der Waals surface area contributed by atoms with Crippen molar-refractivity contribution in [3.05, 3.63) is 48.5 Å². The number of quaternary nitrogens is 1. The van der Waals surface area contributed by atoms with Crippen LogP contribution in [0, 0.1) is 11.8 Å². The summed E-state index contributed by atoms with van der Waals surface area (Å²) in [6, 6.07) is 17.7. The number of nitrogens with one attached hydrogen (secondary N) is 2. The van der Waals surface area contributed by atoms with E-state index in [4.69, 9.17) is 4.74 Å². The summed E-state index contributed by atoms with van der Waals surface area (Å²) < 4.78 is 5.44. The molecule has 2 aromatic carbocycles. The van der Waals surface area contributed by atoms with E-state index in [0.717, 1.165) is 38.5 Å². The van der Waals surface area contributed by atoms with E-state index in [9.17, 15) is 4.79 Å². The highest BCUT2D eigenvalue weighted by Gasteiger charge is 2.41. The number of carbonyl (C=O) groups is 1. The maximum absolute atomic E-state index is 13.0. The van der Waals surface area contributed by atoms with Gasteiger partial charge in [-0.15, -0.1) is 0 Å². The molecule has 4 aliphatic rings. The van der Waals surface area contributed by atoms with Gasteiger partial charge < -0.3 is 19.9 Å². The van der Waals surface area contributed by atoms with Gasteiger partial charge in [0.05, 0.1) is 38.3 Å². The number of fused-ring (bicyclic) bond motifs is 4. The van der Waals surface area contributed by atoms with Gasteiger partial charge >= 0.3 is 0 Å². The number of hydrogen-bond donors (Lipinski definition) is 2. The Bertz CT molecular complexity index is 890. The summed E-state index contributed by atoms with van der Waals surface area (Å²) in [4.78, 5) is 17.0. The fourth-order valence-corrected chi connectivity index (χ4v) is 5.56. The predicted molar refractivity (Wildman–Crippen MR) is 125 cm³/mol. The van der Waals surface area contributed by atoms with Crippen LogP contribution in [0.5, 0.6) is 0 Å². The first kappa shape index (κ1) is 20.5. The topological polar surface area (TPSA) is 46.0 Å². The van der Waals surface area contributed by atoms with Crippen LogP contribution in [0.15, 0.2) is 48.5 Å². The molecule has 0 aromatic heterocycles. The molecule has 0 radical (unpaired) electrons. The van der Waals surface area contributed by atoms with Gasteiger partial charge in [-0.05, 0) is 61.1 Å². The summed E-state index contributed by atoms with van der Waals surface area (Å²) in [7, 11) is 0. The molecular weight excluding hydrogens is 386 g/mol. The lowest BCUT2D eigenvalue weighted by Crippen LogP contribution is -3.16. The molecule has 1 amide bonds. The zero-order valence-electron chi connectivity index (χ0n) is 18.5. The lowest BCUT2D eigenvalue weighted by atomic mass is 9.84. The molecule has 4 heterocycles. The Labute approximate surface area is 185 Å². The fourth-order valence-electron chi connectivity index (χ4n) is 5.56. The molecule has 4 aliphatic heterocycles. The van der Waals surface area contributed by atoms with E-state index in [1.807, 2.05) is 12.1 Å². The van der Waals surface area contributed by atoms with Crippen molar-refractivity contribution >= 4 is 17.3 Å². The van der Waals surface area contributed by atoms with Crippen LogP contribution >= 0.6 is 0 Å². The molecule has 2 aromatic rings. The predicted octanol–water partition coefficient (Wildman–Crippen LogP) is 2.83. The Hall–Kier alpha value is -2.37. The zero-order valence-corrected chi connectivity index (χ0v) is 18.5. The van der Waals surface area contributed by atoms with Crippen molar-refractivity contribution in [2.75, 3.05) is 49.6 Å². The van der Waals surface area contributed by atoms with Crippen LogP contribution in [-0.4, -0.2) is 51.3 Å². The number of ether oxygens (including phenoxy) is 1. The number of rotatable bonds is 4. The standard InChI is InChI=1S/C26H33N3O2/c1-19-2-3-22-12-13-29(19)18-25(22)26(30)27-23-8-4-20(5-9-23)21-6-10-24(11-7-21)28-14-16-31-17-15-28/h4-11,19,22,25H,2-3,12-18H2,1H3,(H,27,30)/p+1. The molecule has 0 spiro atoms. The Morgan fingerprint density at radius 1 is 0.968 bits per heavy atom. The van der Waals surface area contributed by atoms with Crippen LogP contribution in [0.4, 0.5) is 11.4 Å². The first-order valence-corrected chi connectivity index (χ1v) is 11.9. The van der Waals surface area contributed by atoms with Crippen molar-refractivity contribution in [2.24, 2.45) is 11.8 Å². The van der Waals surface area contributed by atoms with E-state index in [1.54, 1.807) is 4.90 Å². The third-order valence-electron chi connectivity index (χ3n) is 7.62. The highest BCUT2D eigenvalue weighted by atomic mass is 16.5. The summed E-state index contributed by atoms with van der Waals surface area (Å²) in [6.45, 7) is 8.06. The Morgan fingerprint density at radius 3 is 2.35 bits per heavy atom. The first-order chi connectivity index (χ1) is 15.2. The maximum Gasteiger partial charge on any atom is 0.233 e. The van der Waals surface area contributed by atoms with Crippen LogP contribution in [0.1, 0.15) is 26.2 Å². The zero-order chi connectivity index (χ0) is 21.2. The van der Waals surface area contributed by atoms with Gasteiger partial charge in [-0.25, -0.2) is 0 Å². The largest absolute Gasteiger partial charge is 0.378 e. The van der Waals surface area contributed by atoms with Crippen LogP contribution < -0.4 is 15.1 Å².